The van der Waals surface area contributed by atoms with Crippen molar-refractivity contribution in [3.63, 3.8) is 0 Å². The molecule has 2 aliphatic rings. The number of allylic oxidation sites excluding steroid dienone is 2. The van der Waals surface area contributed by atoms with Crippen molar-refractivity contribution >= 4 is 29.1 Å². The quantitative estimate of drug-likeness (QED) is 0.583. The second-order valence-corrected chi connectivity index (χ2v) is 6.56. The lowest BCUT2D eigenvalue weighted by Crippen LogP contribution is -2.31. The van der Waals surface area contributed by atoms with Gasteiger partial charge in [0.1, 0.15) is 0 Å². The number of rotatable bonds is 1. The van der Waals surface area contributed by atoms with E-state index in [-0.39, 0.29) is 23.7 Å². The summed E-state index contributed by atoms with van der Waals surface area (Å²) in [6, 6.07) is 5.27. The lowest BCUT2D eigenvalue weighted by molar-refractivity contribution is -0.122. The Morgan fingerprint density at radius 3 is 2.00 bits per heavy atom. The van der Waals surface area contributed by atoms with Crippen molar-refractivity contribution in [2.75, 3.05) is 4.90 Å². The number of amides is 2. The number of benzene rings is 1. The van der Waals surface area contributed by atoms with Crippen LogP contribution in [0, 0.1) is 18.8 Å². The molecule has 0 N–H and O–H groups in total. The number of aryl methyl sites for hydroxylation is 1. The van der Waals surface area contributed by atoms with Gasteiger partial charge in [-0.1, -0.05) is 22.7 Å². The van der Waals surface area contributed by atoms with E-state index in [1.165, 1.54) is 16.0 Å². The standard InChI is InChI=1S/C17H18ClNO2/c1-9-7-13-14(8-10(9)2)17(21)19(16(13)20)15-5-4-12(18)6-11(15)3/h4-6,13-14H,7-8H2,1-3H3/t13-,14-/m1/s1. The van der Waals surface area contributed by atoms with E-state index in [4.69, 9.17) is 11.6 Å². The average Bonchev–Trinajstić information content (AvgIpc) is 2.64. The maximum atomic E-state index is 12.7. The number of carbonyl (C=O) groups is 2. The van der Waals surface area contributed by atoms with Gasteiger partial charge in [0, 0.05) is 5.02 Å². The lowest BCUT2D eigenvalue weighted by atomic mass is 9.78. The topological polar surface area (TPSA) is 37.4 Å². The van der Waals surface area contributed by atoms with Crippen LogP contribution in [0.2, 0.25) is 5.02 Å². The highest BCUT2D eigenvalue weighted by Crippen LogP contribution is 2.42. The van der Waals surface area contributed by atoms with Crippen molar-refractivity contribution in [2.45, 2.75) is 33.6 Å². The number of carbonyl (C=O) groups excluding carboxylic acids is 2. The van der Waals surface area contributed by atoms with E-state index < -0.39 is 0 Å². The van der Waals surface area contributed by atoms with E-state index in [2.05, 4.69) is 13.8 Å². The molecule has 1 aromatic carbocycles. The monoisotopic (exact) mass is 303 g/mol. The number of hydrogen-bond donors (Lipinski definition) is 0. The summed E-state index contributed by atoms with van der Waals surface area (Å²) < 4.78 is 0. The van der Waals surface area contributed by atoms with Crippen LogP contribution in [0.25, 0.3) is 0 Å². The zero-order valence-corrected chi connectivity index (χ0v) is 13.2. The molecule has 3 nitrogen and oxygen atoms in total. The Bertz CT molecular complexity index is 645. The molecule has 2 amide bonds. The zero-order chi connectivity index (χ0) is 15.3. The molecule has 110 valence electrons. The highest BCUT2D eigenvalue weighted by Gasteiger charge is 2.49. The first-order valence-corrected chi connectivity index (χ1v) is 7.57. The Hall–Kier alpha value is -1.61. The van der Waals surface area contributed by atoms with Gasteiger partial charge in [-0.25, -0.2) is 4.90 Å². The molecule has 1 heterocycles. The SMILES string of the molecule is CC1=C(C)C[C@H]2C(=O)N(c3ccc(Cl)cc3C)C(=O)[C@@H]2C1. The smallest absolute Gasteiger partial charge is 0.238 e. The van der Waals surface area contributed by atoms with E-state index in [1.807, 2.05) is 6.92 Å². The van der Waals surface area contributed by atoms with Crippen molar-refractivity contribution < 1.29 is 9.59 Å². The largest absolute Gasteiger partial charge is 0.274 e. The van der Waals surface area contributed by atoms with Crippen LogP contribution in [0.15, 0.2) is 29.3 Å². The predicted molar refractivity (Wildman–Crippen MR) is 83.3 cm³/mol. The van der Waals surface area contributed by atoms with Gasteiger partial charge in [-0.15, -0.1) is 0 Å². The van der Waals surface area contributed by atoms with Crippen LogP contribution >= 0.6 is 11.6 Å². The highest BCUT2D eigenvalue weighted by molar-refractivity contribution is 6.31. The Labute approximate surface area is 129 Å². The normalized spacial score (nSPS) is 25.6. The Balaban J connectivity index is 2.00. The van der Waals surface area contributed by atoms with Gasteiger partial charge in [0.25, 0.3) is 0 Å². The molecule has 0 radical (unpaired) electrons. The molecule has 3 rings (SSSR count). The zero-order valence-electron chi connectivity index (χ0n) is 12.4. The van der Waals surface area contributed by atoms with Crippen LogP contribution in [0.1, 0.15) is 32.3 Å². The van der Waals surface area contributed by atoms with Gasteiger partial charge < -0.3 is 0 Å². The minimum atomic E-state index is -0.198. The first kappa shape index (κ1) is 14.3. The third-order valence-electron chi connectivity index (χ3n) is 4.74. The molecule has 0 bridgehead atoms. The average molecular weight is 304 g/mol. The molecule has 1 fully saturated rings. The summed E-state index contributed by atoms with van der Waals surface area (Å²) in [6.45, 7) is 5.98. The maximum absolute atomic E-state index is 12.7. The third kappa shape index (κ3) is 2.20. The minimum Gasteiger partial charge on any atom is -0.274 e. The highest BCUT2D eigenvalue weighted by atomic mass is 35.5. The van der Waals surface area contributed by atoms with E-state index in [1.54, 1.807) is 18.2 Å². The number of imide groups is 1. The minimum absolute atomic E-state index is 0.0673. The van der Waals surface area contributed by atoms with Crippen molar-refractivity contribution in [1.82, 2.24) is 0 Å². The molecule has 0 aromatic heterocycles. The second-order valence-electron chi connectivity index (χ2n) is 6.12. The van der Waals surface area contributed by atoms with E-state index in [9.17, 15) is 9.59 Å². The van der Waals surface area contributed by atoms with Crippen molar-refractivity contribution in [3.05, 3.63) is 39.9 Å². The van der Waals surface area contributed by atoms with E-state index in [0.29, 0.717) is 23.6 Å². The first-order valence-electron chi connectivity index (χ1n) is 7.19. The fraction of sp³-hybridized carbons (Fsp3) is 0.412. The van der Waals surface area contributed by atoms with Crippen LogP contribution in [0.4, 0.5) is 5.69 Å². The number of anilines is 1. The molecular formula is C17H18ClNO2. The summed E-state index contributed by atoms with van der Waals surface area (Å²) in [7, 11) is 0. The fourth-order valence-corrected chi connectivity index (χ4v) is 3.59. The van der Waals surface area contributed by atoms with Crippen molar-refractivity contribution in [2.24, 2.45) is 11.8 Å². The summed E-state index contributed by atoms with van der Waals surface area (Å²) in [5, 5.41) is 0.612. The van der Waals surface area contributed by atoms with Gasteiger partial charge in [0.15, 0.2) is 0 Å². The van der Waals surface area contributed by atoms with Gasteiger partial charge in [-0.05, 0) is 57.4 Å². The van der Waals surface area contributed by atoms with Gasteiger partial charge >= 0.3 is 0 Å². The van der Waals surface area contributed by atoms with Crippen molar-refractivity contribution in [1.29, 1.82) is 0 Å². The second kappa shape index (κ2) is 4.99. The molecule has 4 heteroatoms. The molecule has 1 aliphatic carbocycles. The Morgan fingerprint density at radius 1 is 1.00 bits per heavy atom. The summed E-state index contributed by atoms with van der Waals surface area (Å²) >= 11 is 5.96. The molecule has 1 aliphatic heterocycles. The van der Waals surface area contributed by atoms with Gasteiger partial charge in [-0.2, -0.15) is 0 Å². The molecule has 0 saturated carbocycles. The van der Waals surface area contributed by atoms with Gasteiger partial charge in [-0.3, -0.25) is 9.59 Å². The van der Waals surface area contributed by atoms with Crippen LogP contribution in [0.5, 0.6) is 0 Å². The third-order valence-corrected chi connectivity index (χ3v) is 4.98. The summed E-state index contributed by atoms with van der Waals surface area (Å²) in [6.07, 6.45) is 1.40. The number of hydrogen-bond acceptors (Lipinski definition) is 2. The van der Waals surface area contributed by atoms with Crippen molar-refractivity contribution in [3.8, 4) is 0 Å². The molecule has 2 atom stereocenters. The van der Waals surface area contributed by atoms with Crippen LogP contribution < -0.4 is 4.90 Å². The summed E-state index contributed by atoms with van der Waals surface area (Å²) in [5.74, 6) is -0.530. The maximum Gasteiger partial charge on any atom is 0.238 e. The fourth-order valence-electron chi connectivity index (χ4n) is 3.36. The molecular weight excluding hydrogens is 286 g/mol. The summed E-state index contributed by atoms with van der Waals surface area (Å²) in [5.41, 5.74) is 4.00. The Morgan fingerprint density at radius 2 is 1.52 bits per heavy atom. The molecule has 1 saturated heterocycles. The predicted octanol–water partition coefficient (Wildman–Crippen LogP) is 3.88. The number of fused-ring (bicyclic) bond motifs is 1. The molecule has 1 aromatic rings. The number of halogens is 1. The van der Waals surface area contributed by atoms with Crippen LogP contribution in [-0.2, 0) is 9.59 Å². The van der Waals surface area contributed by atoms with Gasteiger partial charge in [0.2, 0.25) is 11.8 Å². The lowest BCUT2D eigenvalue weighted by Gasteiger charge is -2.23. The van der Waals surface area contributed by atoms with E-state index >= 15 is 0 Å². The molecule has 0 unspecified atom stereocenters. The summed E-state index contributed by atoms with van der Waals surface area (Å²) in [4.78, 5) is 26.7. The van der Waals surface area contributed by atoms with Crippen LogP contribution in [-0.4, -0.2) is 11.8 Å². The van der Waals surface area contributed by atoms with E-state index in [0.717, 1.165) is 5.56 Å². The molecule has 21 heavy (non-hydrogen) atoms. The van der Waals surface area contributed by atoms with Gasteiger partial charge in [0.05, 0.1) is 17.5 Å². The Kier molecular flexibility index (Phi) is 3.40. The number of nitrogens with zero attached hydrogens (tertiary/aromatic N) is 1. The van der Waals surface area contributed by atoms with Crippen LogP contribution in [0.3, 0.4) is 0 Å². The molecule has 0 spiro atoms. The first-order chi connectivity index (χ1) is 9.90.